The van der Waals surface area contributed by atoms with E-state index in [0.717, 1.165) is 6.42 Å². The molecule has 0 saturated carbocycles. The summed E-state index contributed by atoms with van der Waals surface area (Å²) in [4.78, 5) is 3.89. The monoisotopic (exact) mass is 135 g/mol. The molecule has 0 fully saturated rings. The number of rotatable bonds is 0. The van der Waals surface area contributed by atoms with Crippen LogP contribution in [0.3, 0.4) is 0 Å². The fraction of sp³-hybridized carbons (Fsp3) is 0.750. The molecule has 1 aliphatic heterocycles. The lowest BCUT2D eigenvalue weighted by Crippen LogP contribution is -2.22. The topological polar surface area (TPSA) is 64.4 Å². The van der Waals surface area contributed by atoms with Crippen LogP contribution in [-0.2, 0) is 0 Å². The Hall–Kier alpha value is -0.280. The van der Waals surface area contributed by atoms with E-state index in [0.29, 0.717) is 12.4 Å². The first-order valence-corrected chi connectivity index (χ1v) is 2.33. The summed E-state index contributed by atoms with van der Waals surface area (Å²) in [6.45, 7) is 0.714. The summed E-state index contributed by atoms with van der Waals surface area (Å²) in [5.74, 6) is 0.701. The Bertz CT molecular complexity index is 101. The van der Waals surface area contributed by atoms with E-state index in [-0.39, 0.29) is 18.4 Å². The van der Waals surface area contributed by atoms with Crippen molar-refractivity contribution in [1.29, 1.82) is 0 Å². The van der Waals surface area contributed by atoms with Crippen LogP contribution >= 0.6 is 12.4 Å². The van der Waals surface area contributed by atoms with E-state index in [9.17, 15) is 0 Å². The number of amidine groups is 1. The standard InChI is InChI=1S/C4H9N3.ClH/c5-3-1-4(6)7-2-3;/h3H,1-2,5H2,(H2,6,7);1H. The highest BCUT2D eigenvalue weighted by atomic mass is 35.5. The molecule has 4 N–H and O–H groups in total. The van der Waals surface area contributed by atoms with Gasteiger partial charge in [0, 0.05) is 12.5 Å². The molecule has 48 valence electrons. The van der Waals surface area contributed by atoms with Crippen LogP contribution in [0.2, 0.25) is 0 Å². The molecule has 1 atom stereocenters. The lowest BCUT2D eigenvalue weighted by atomic mass is 10.3. The van der Waals surface area contributed by atoms with Crippen LogP contribution in [0, 0.1) is 0 Å². The zero-order chi connectivity index (χ0) is 5.28. The molecule has 0 aromatic carbocycles. The van der Waals surface area contributed by atoms with Crippen molar-refractivity contribution in [2.75, 3.05) is 6.54 Å². The Labute approximate surface area is 54.6 Å². The van der Waals surface area contributed by atoms with Crippen molar-refractivity contribution in [2.45, 2.75) is 12.5 Å². The van der Waals surface area contributed by atoms with Crippen molar-refractivity contribution >= 4 is 18.2 Å². The van der Waals surface area contributed by atoms with Gasteiger partial charge in [0.05, 0.1) is 12.4 Å². The SMILES string of the molecule is Cl.NC1=NCC(N)C1. The number of halogens is 1. The molecule has 0 saturated heterocycles. The first-order chi connectivity index (χ1) is 3.29. The Kier molecular flexibility index (Phi) is 2.79. The van der Waals surface area contributed by atoms with Gasteiger partial charge in [-0.05, 0) is 0 Å². The summed E-state index contributed by atoms with van der Waals surface area (Å²) in [5, 5.41) is 0. The number of hydrogen-bond donors (Lipinski definition) is 2. The second kappa shape index (κ2) is 2.89. The van der Waals surface area contributed by atoms with Gasteiger partial charge in [-0.2, -0.15) is 0 Å². The lowest BCUT2D eigenvalue weighted by molar-refractivity contribution is 0.755. The average molecular weight is 136 g/mol. The van der Waals surface area contributed by atoms with Crippen molar-refractivity contribution in [3.63, 3.8) is 0 Å². The summed E-state index contributed by atoms with van der Waals surface area (Å²) < 4.78 is 0. The van der Waals surface area contributed by atoms with Crippen molar-refractivity contribution in [3.8, 4) is 0 Å². The molecule has 0 radical (unpaired) electrons. The Morgan fingerprint density at radius 1 is 1.62 bits per heavy atom. The minimum Gasteiger partial charge on any atom is -0.387 e. The summed E-state index contributed by atoms with van der Waals surface area (Å²) >= 11 is 0. The molecule has 8 heavy (non-hydrogen) atoms. The van der Waals surface area contributed by atoms with Gasteiger partial charge in [0.2, 0.25) is 0 Å². The van der Waals surface area contributed by atoms with Crippen LogP contribution in [0.5, 0.6) is 0 Å². The summed E-state index contributed by atoms with van der Waals surface area (Å²) in [5.41, 5.74) is 10.7. The zero-order valence-corrected chi connectivity index (χ0v) is 5.32. The third-order valence-electron chi connectivity index (χ3n) is 1.00. The highest BCUT2D eigenvalue weighted by molar-refractivity contribution is 5.85. The minimum absolute atomic E-state index is 0. The first-order valence-electron chi connectivity index (χ1n) is 2.33. The molecule has 0 bridgehead atoms. The normalized spacial score (nSPS) is 26.6. The second-order valence-electron chi connectivity index (χ2n) is 1.80. The second-order valence-corrected chi connectivity index (χ2v) is 1.80. The molecule has 0 spiro atoms. The van der Waals surface area contributed by atoms with Crippen molar-refractivity contribution < 1.29 is 0 Å². The molecular weight excluding hydrogens is 126 g/mol. The predicted octanol–water partition coefficient (Wildman–Crippen LogP) is -0.504. The maximum absolute atomic E-state index is 5.43. The lowest BCUT2D eigenvalue weighted by Gasteiger charge is -1.93. The van der Waals surface area contributed by atoms with E-state index in [2.05, 4.69) is 4.99 Å². The van der Waals surface area contributed by atoms with Crippen LogP contribution in [0.4, 0.5) is 0 Å². The third kappa shape index (κ3) is 1.68. The van der Waals surface area contributed by atoms with Crippen LogP contribution in [-0.4, -0.2) is 18.4 Å². The molecule has 0 amide bonds. The van der Waals surface area contributed by atoms with E-state index in [1.165, 1.54) is 0 Å². The van der Waals surface area contributed by atoms with Gasteiger partial charge in [-0.1, -0.05) is 0 Å². The van der Waals surface area contributed by atoms with Crippen LogP contribution in [0.25, 0.3) is 0 Å². The molecule has 0 aliphatic carbocycles. The van der Waals surface area contributed by atoms with Crippen LogP contribution < -0.4 is 11.5 Å². The van der Waals surface area contributed by atoms with Gasteiger partial charge < -0.3 is 11.5 Å². The van der Waals surface area contributed by atoms with Crippen molar-refractivity contribution in [3.05, 3.63) is 0 Å². The summed E-state index contributed by atoms with van der Waals surface area (Å²) in [6, 6.07) is 0.194. The number of aliphatic imine (C=N–C) groups is 1. The first kappa shape index (κ1) is 7.72. The van der Waals surface area contributed by atoms with Gasteiger partial charge in [0.25, 0.3) is 0 Å². The minimum atomic E-state index is 0. The fourth-order valence-electron chi connectivity index (χ4n) is 0.632. The molecule has 4 heteroatoms. The van der Waals surface area contributed by atoms with Gasteiger partial charge in [0.15, 0.2) is 0 Å². The van der Waals surface area contributed by atoms with Crippen molar-refractivity contribution in [1.82, 2.24) is 0 Å². The van der Waals surface area contributed by atoms with Crippen molar-refractivity contribution in [2.24, 2.45) is 16.5 Å². The Morgan fingerprint density at radius 3 is 2.38 bits per heavy atom. The zero-order valence-electron chi connectivity index (χ0n) is 4.50. The van der Waals surface area contributed by atoms with Crippen LogP contribution in [0.15, 0.2) is 4.99 Å². The fourth-order valence-corrected chi connectivity index (χ4v) is 0.632. The molecular formula is C4H10ClN3. The average Bonchev–Trinajstić information content (AvgIpc) is 1.87. The highest BCUT2D eigenvalue weighted by Crippen LogP contribution is 1.96. The number of nitrogens with two attached hydrogens (primary N) is 2. The van der Waals surface area contributed by atoms with Gasteiger partial charge >= 0.3 is 0 Å². The smallest absolute Gasteiger partial charge is 0.0954 e. The maximum atomic E-state index is 5.43. The maximum Gasteiger partial charge on any atom is 0.0954 e. The molecule has 0 aromatic rings. The van der Waals surface area contributed by atoms with Gasteiger partial charge in [-0.3, -0.25) is 4.99 Å². The third-order valence-corrected chi connectivity index (χ3v) is 1.00. The number of nitrogens with zero attached hydrogens (tertiary/aromatic N) is 1. The molecule has 0 aromatic heterocycles. The molecule has 1 heterocycles. The van der Waals surface area contributed by atoms with E-state index < -0.39 is 0 Å². The van der Waals surface area contributed by atoms with E-state index in [1.54, 1.807) is 0 Å². The van der Waals surface area contributed by atoms with E-state index in [1.807, 2.05) is 0 Å². The van der Waals surface area contributed by atoms with Crippen LogP contribution in [0.1, 0.15) is 6.42 Å². The molecule has 1 unspecified atom stereocenters. The van der Waals surface area contributed by atoms with Gasteiger partial charge in [-0.25, -0.2) is 0 Å². The summed E-state index contributed by atoms with van der Waals surface area (Å²) in [7, 11) is 0. The van der Waals surface area contributed by atoms with E-state index in [4.69, 9.17) is 11.5 Å². The largest absolute Gasteiger partial charge is 0.387 e. The Balaban J connectivity index is 0.000000490. The highest BCUT2D eigenvalue weighted by Gasteiger charge is 2.09. The summed E-state index contributed by atoms with van der Waals surface area (Å²) in [6.07, 6.45) is 0.778. The quantitative estimate of drug-likeness (QED) is 0.470. The van der Waals surface area contributed by atoms with Gasteiger partial charge in [-0.15, -0.1) is 12.4 Å². The Morgan fingerprint density at radius 2 is 2.25 bits per heavy atom. The molecule has 1 rings (SSSR count). The number of hydrogen-bond acceptors (Lipinski definition) is 3. The van der Waals surface area contributed by atoms with E-state index >= 15 is 0 Å². The molecule has 3 nitrogen and oxygen atoms in total. The molecule has 1 aliphatic rings. The predicted molar refractivity (Wildman–Crippen MR) is 36.3 cm³/mol. The van der Waals surface area contributed by atoms with Gasteiger partial charge in [0.1, 0.15) is 0 Å².